The maximum Gasteiger partial charge on any atom is 0.227 e. The van der Waals surface area contributed by atoms with E-state index in [1.165, 1.54) is 0 Å². The van der Waals surface area contributed by atoms with E-state index in [0.29, 0.717) is 13.0 Å². The molecule has 98 valence electrons. The van der Waals surface area contributed by atoms with Crippen molar-refractivity contribution < 1.29 is 9.53 Å². The monoisotopic (exact) mass is 248 g/mol. The van der Waals surface area contributed by atoms with Crippen LogP contribution in [0.2, 0.25) is 0 Å². The van der Waals surface area contributed by atoms with Crippen molar-refractivity contribution in [1.82, 2.24) is 0 Å². The maximum atomic E-state index is 12.0. The molecular weight excluding hydrogens is 228 g/mol. The summed E-state index contributed by atoms with van der Waals surface area (Å²) in [6.07, 6.45) is 0.556. The third-order valence-electron chi connectivity index (χ3n) is 3.50. The second-order valence-corrected chi connectivity index (χ2v) is 4.92. The minimum atomic E-state index is 0.161. The quantitative estimate of drug-likeness (QED) is 0.884. The molecule has 1 unspecified atom stereocenters. The number of amides is 1. The molecule has 0 radical (unpaired) electrons. The minimum absolute atomic E-state index is 0.161. The lowest BCUT2D eigenvalue weighted by Gasteiger charge is -2.19. The first kappa shape index (κ1) is 12.9. The highest BCUT2D eigenvalue weighted by Crippen LogP contribution is 2.31. The van der Waals surface area contributed by atoms with Gasteiger partial charge in [0, 0.05) is 18.7 Å². The van der Waals surface area contributed by atoms with Crippen molar-refractivity contribution in [2.24, 2.45) is 11.7 Å². The van der Waals surface area contributed by atoms with Gasteiger partial charge in [-0.3, -0.25) is 4.79 Å². The number of benzene rings is 1. The van der Waals surface area contributed by atoms with Gasteiger partial charge < -0.3 is 15.4 Å². The Morgan fingerprint density at radius 1 is 1.39 bits per heavy atom. The fourth-order valence-corrected chi connectivity index (χ4v) is 2.59. The Bertz CT molecular complexity index is 448. The van der Waals surface area contributed by atoms with Crippen molar-refractivity contribution in [3.05, 3.63) is 23.3 Å². The number of ether oxygens (including phenoxy) is 1. The molecule has 0 aliphatic carbocycles. The maximum absolute atomic E-state index is 12.0. The van der Waals surface area contributed by atoms with Gasteiger partial charge in [-0.05, 0) is 49.6 Å². The van der Waals surface area contributed by atoms with Gasteiger partial charge in [0.05, 0.1) is 7.11 Å². The molecule has 1 amide bonds. The average molecular weight is 248 g/mol. The summed E-state index contributed by atoms with van der Waals surface area (Å²) >= 11 is 0. The molecule has 1 aromatic rings. The summed E-state index contributed by atoms with van der Waals surface area (Å²) in [6.45, 7) is 5.28. The Kier molecular flexibility index (Phi) is 3.57. The summed E-state index contributed by atoms with van der Waals surface area (Å²) in [5, 5.41) is 0. The Balaban J connectivity index is 2.32. The molecule has 1 aliphatic heterocycles. The number of carbonyl (C=O) groups excluding carboxylic acids is 1. The van der Waals surface area contributed by atoms with Crippen molar-refractivity contribution in [3.8, 4) is 5.75 Å². The van der Waals surface area contributed by atoms with E-state index in [1.54, 1.807) is 7.11 Å². The van der Waals surface area contributed by atoms with Gasteiger partial charge in [-0.1, -0.05) is 0 Å². The van der Waals surface area contributed by atoms with Gasteiger partial charge in [-0.15, -0.1) is 0 Å². The van der Waals surface area contributed by atoms with E-state index in [-0.39, 0.29) is 11.8 Å². The molecule has 2 rings (SSSR count). The lowest BCUT2D eigenvalue weighted by Crippen LogP contribution is -2.25. The molecule has 0 bridgehead atoms. The number of carbonyl (C=O) groups is 1. The Labute approximate surface area is 108 Å². The molecule has 0 aromatic heterocycles. The third kappa shape index (κ3) is 2.20. The van der Waals surface area contributed by atoms with Gasteiger partial charge >= 0.3 is 0 Å². The van der Waals surface area contributed by atoms with Gasteiger partial charge in [-0.25, -0.2) is 0 Å². The van der Waals surface area contributed by atoms with E-state index in [9.17, 15) is 4.79 Å². The van der Waals surface area contributed by atoms with Crippen LogP contribution in [-0.4, -0.2) is 26.1 Å². The molecule has 18 heavy (non-hydrogen) atoms. The van der Waals surface area contributed by atoms with Crippen LogP contribution < -0.4 is 15.4 Å². The fourth-order valence-electron chi connectivity index (χ4n) is 2.59. The zero-order chi connectivity index (χ0) is 13.3. The van der Waals surface area contributed by atoms with Crippen LogP contribution in [0.5, 0.6) is 5.75 Å². The lowest BCUT2D eigenvalue weighted by molar-refractivity contribution is -0.117. The topological polar surface area (TPSA) is 55.6 Å². The van der Waals surface area contributed by atoms with Crippen LogP contribution in [0.1, 0.15) is 17.5 Å². The highest BCUT2D eigenvalue weighted by Gasteiger charge is 2.30. The number of hydrogen-bond donors (Lipinski definition) is 1. The molecule has 0 spiro atoms. The van der Waals surface area contributed by atoms with Crippen molar-refractivity contribution in [1.29, 1.82) is 0 Å². The van der Waals surface area contributed by atoms with Gasteiger partial charge in [0.2, 0.25) is 5.91 Å². The van der Waals surface area contributed by atoms with E-state index in [4.69, 9.17) is 10.5 Å². The van der Waals surface area contributed by atoms with Crippen LogP contribution in [-0.2, 0) is 4.79 Å². The summed E-state index contributed by atoms with van der Waals surface area (Å²) in [7, 11) is 1.67. The van der Waals surface area contributed by atoms with E-state index < -0.39 is 0 Å². The number of nitrogens with zero attached hydrogens (tertiary/aromatic N) is 1. The van der Waals surface area contributed by atoms with Gasteiger partial charge in [0.1, 0.15) is 5.75 Å². The van der Waals surface area contributed by atoms with Crippen LogP contribution in [0.3, 0.4) is 0 Å². The molecule has 4 heteroatoms. The molecule has 4 nitrogen and oxygen atoms in total. The molecule has 0 saturated carbocycles. The fraction of sp³-hybridized carbons (Fsp3) is 0.500. The number of hydrogen-bond acceptors (Lipinski definition) is 3. The second kappa shape index (κ2) is 4.98. The summed E-state index contributed by atoms with van der Waals surface area (Å²) in [5.41, 5.74) is 8.70. The standard InChI is InChI=1S/C14H20N2O2/c1-9-4-12(5-10(2)14(9)18-3)16-8-11(7-15)6-13(16)17/h4-5,11H,6-8,15H2,1-3H3. The first-order valence-electron chi connectivity index (χ1n) is 6.22. The van der Waals surface area contributed by atoms with Crippen molar-refractivity contribution in [3.63, 3.8) is 0 Å². The van der Waals surface area contributed by atoms with Crippen LogP contribution in [0.15, 0.2) is 12.1 Å². The van der Waals surface area contributed by atoms with Crippen LogP contribution in [0.25, 0.3) is 0 Å². The largest absolute Gasteiger partial charge is 0.496 e. The molecule has 2 N–H and O–H groups in total. The summed E-state index contributed by atoms with van der Waals surface area (Å²) in [5.74, 6) is 1.33. The van der Waals surface area contributed by atoms with E-state index in [2.05, 4.69) is 0 Å². The highest BCUT2D eigenvalue weighted by molar-refractivity contribution is 5.96. The predicted octanol–water partition coefficient (Wildman–Crippen LogP) is 1.62. The van der Waals surface area contributed by atoms with Crippen LogP contribution in [0, 0.1) is 19.8 Å². The predicted molar refractivity (Wildman–Crippen MR) is 72.0 cm³/mol. The Morgan fingerprint density at radius 3 is 2.44 bits per heavy atom. The van der Waals surface area contributed by atoms with Gasteiger partial charge in [0.25, 0.3) is 0 Å². The molecular formula is C14H20N2O2. The Hall–Kier alpha value is -1.55. The molecule has 1 atom stereocenters. The first-order valence-corrected chi connectivity index (χ1v) is 6.22. The number of aryl methyl sites for hydroxylation is 2. The second-order valence-electron chi connectivity index (χ2n) is 4.92. The van der Waals surface area contributed by atoms with Gasteiger partial charge in [0.15, 0.2) is 0 Å². The van der Waals surface area contributed by atoms with Crippen molar-refractivity contribution >= 4 is 11.6 Å². The van der Waals surface area contributed by atoms with E-state index in [0.717, 1.165) is 29.1 Å². The zero-order valence-electron chi connectivity index (χ0n) is 11.2. The van der Waals surface area contributed by atoms with Crippen molar-refractivity contribution in [2.75, 3.05) is 25.1 Å². The highest BCUT2D eigenvalue weighted by atomic mass is 16.5. The molecule has 1 saturated heterocycles. The molecule has 1 heterocycles. The lowest BCUT2D eigenvalue weighted by atomic mass is 10.1. The minimum Gasteiger partial charge on any atom is -0.496 e. The third-order valence-corrected chi connectivity index (χ3v) is 3.50. The van der Waals surface area contributed by atoms with Gasteiger partial charge in [-0.2, -0.15) is 0 Å². The SMILES string of the molecule is COc1c(C)cc(N2CC(CN)CC2=O)cc1C. The first-order chi connectivity index (χ1) is 8.56. The van der Waals surface area contributed by atoms with Crippen molar-refractivity contribution in [2.45, 2.75) is 20.3 Å². The number of rotatable bonds is 3. The van der Waals surface area contributed by atoms with E-state index in [1.807, 2.05) is 30.9 Å². The van der Waals surface area contributed by atoms with E-state index >= 15 is 0 Å². The van der Waals surface area contributed by atoms with Crippen LogP contribution >= 0.6 is 0 Å². The molecule has 1 aliphatic rings. The summed E-state index contributed by atoms with van der Waals surface area (Å²) in [4.78, 5) is 13.8. The zero-order valence-corrected chi connectivity index (χ0v) is 11.2. The summed E-state index contributed by atoms with van der Waals surface area (Å²) in [6, 6.07) is 4.01. The number of methoxy groups -OCH3 is 1. The van der Waals surface area contributed by atoms with Crippen LogP contribution in [0.4, 0.5) is 5.69 Å². The molecule has 1 fully saturated rings. The average Bonchev–Trinajstić information content (AvgIpc) is 2.70. The molecule has 1 aromatic carbocycles. The summed E-state index contributed by atoms with van der Waals surface area (Å²) < 4.78 is 5.34. The Morgan fingerprint density at radius 2 is 2.00 bits per heavy atom. The number of anilines is 1. The number of nitrogens with two attached hydrogens (primary N) is 1. The normalized spacial score (nSPS) is 19.4. The smallest absolute Gasteiger partial charge is 0.227 e.